The Balaban J connectivity index is 1.90. The first-order valence-electron chi connectivity index (χ1n) is 6.21. The quantitative estimate of drug-likeness (QED) is 0.884. The van der Waals surface area contributed by atoms with Gasteiger partial charge in [0.25, 0.3) is 0 Å². The van der Waals surface area contributed by atoms with Crippen LogP contribution in [0.4, 0.5) is 0 Å². The Hall–Kier alpha value is -1.13. The van der Waals surface area contributed by atoms with Crippen LogP contribution >= 0.6 is 11.3 Å². The molecule has 2 aromatic rings. The van der Waals surface area contributed by atoms with E-state index >= 15 is 0 Å². The molecule has 0 saturated carbocycles. The monoisotopic (exact) mass is 247 g/mol. The molecule has 3 heterocycles. The van der Waals surface area contributed by atoms with Gasteiger partial charge in [-0.1, -0.05) is 6.07 Å². The van der Waals surface area contributed by atoms with Gasteiger partial charge in [-0.05, 0) is 43.8 Å². The minimum atomic E-state index is 0.601. The van der Waals surface area contributed by atoms with Crippen molar-refractivity contribution in [1.82, 2.24) is 14.9 Å². The Morgan fingerprint density at radius 1 is 1.35 bits per heavy atom. The predicted octanol–water partition coefficient (Wildman–Crippen LogP) is 2.93. The summed E-state index contributed by atoms with van der Waals surface area (Å²) in [7, 11) is 0. The van der Waals surface area contributed by atoms with Crippen LogP contribution in [0.3, 0.4) is 0 Å². The van der Waals surface area contributed by atoms with Gasteiger partial charge in [0.1, 0.15) is 0 Å². The van der Waals surface area contributed by atoms with E-state index in [9.17, 15) is 0 Å². The molecule has 1 unspecified atom stereocenters. The van der Waals surface area contributed by atoms with Gasteiger partial charge in [-0.3, -0.25) is 0 Å². The number of rotatable bonds is 2. The molecule has 3 rings (SSSR count). The average Bonchev–Trinajstić information content (AvgIpc) is 2.95. The summed E-state index contributed by atoms with van der Waals surface area (Å²) in [6.07, 6.45) is 7.69. The van der Waals surface area contributed by atoms with Gasteiger partial charge in [-0.25, -0.2) is 4.98 Å². The molecule has 1 N–H and O–H groups in total. The maximum atomic E-state index is 4.33. The fourth-order valence-corrected chi connectivity index (χ4v) is 3.23. The first-order chi connectivity index (χ1) is 8.45. The number of thiophene rings is 1. The highest BCUT2D eigenvalue weighted by molar-refractivity contribution is 7.13. The van der Waals surface area contributed by atoms with Gasteiger partial charge in [-0.15, -0.1) is 11.3 Å². The molecule has 2 aromatic heterocycles. The predicted molar refractivity (Wildman–Crippen MR) is 71.3 cm³/mol. The first-order valence-corrected chi connectivity index (χ1v) is 7.09. The van der Waals surface area contributed by atoms with Crippen molar-refractivity contribution in [1.29, 1.82) is 0 Å². The van der Waals surface area contributed by atoms with Gasteiger partial charge in [0.15, 0.2) is 0 Å². The maximum Gasteiger partial charge on any atom is 0.0953 e. The van der Waals surface area contributed by atoms with Crippen LogP contribution in [-0.2, 0) is 0 Å². The lowest BCUT2D eigenvalue weighted by atomic mass is 10.1. The number of nitrogens with zero attached hydrogens (tertiary/aromatic N) is 2. The minimum absolute atomic E-state index is 0.601. The Bertz CT molecular complexity index is 453. The molecule has 1 atom stereocenters. The molecular weight excluding hydrogens is 230 g/mol. The number of nitrogens with one attached hydrogen (secondary N) is 1. The number of aromatic nitrogens is 2. The first kappa shape index (κ1) is 11.0. The van der Waals surface area contributed by atoms with Gasteiger partial charge in [-0.2, -0.15) is 0 Å². The van der Waals surface area contributed by atoms with Crippen molar-refractivity contribution in [3.63, 3.8) is 0 Å². The minimum Gasteiger partial charge on any atom is -0.327 e. The summed E-state index contributed by atoms with van der Waals surface area (Å²) >= 11 is 1.79. The molecule has 90 valence electrons. The lowest BCUT2D eigenvalue weighted by Gasteiger charge is -2.18. The molecule has 0 spiro atoms. The molecule has 3 nitrogen and oxygen atoms in total. The average molecular weight is 247 g/mol. The Labute approximate surface area is 106 Å². The van der Waals surface area contributed by atoms with E-state index < -0.39 is 0 Å². The molecule has 1 aliphatic rings. The van der Waals surface area contributed by atoms with Gasteiger partial charge in [0.05, 0.1) is 23.1 Å². The summed E-state index contributed by atoms with van der Waals surface area (Å²) in [6.45, 7) is 2.27. The zero-order valence-corrected chi connectivity index (χ0v) is 10.6. The van der Waals surface area contributed by atoms with Crippen LogP contribution in [-0.4, -0.2) is 22.6 Å². The van der Waals surface area contributed by atoms with Crippen molar-refractivity contribution in [3.05, 3.63) is 30.0 Å². The number of hydrogen-bond acceptors (Lipinski definition) is 3. The normalized spacial score (nSPS) is 21.3. The molecule has 1 aliphatic heterocycles. The molecule has 0 radical (unpaired) electrons. The molecule has 0 bridgehead atoms. The summed E-state index contributed by atoms with van der Waals surface area (Å²) in [4.78, 5) is 5.65. The van der Waals surface area contributed by atoms with E-state index in [4.69, 9.17) is 0 Å². The zero-order chi connectivity index (χ0) is 11.5. The van der Waals surface area contributed by atoms with Crippen molar-refractivity contribution < 1.29 is 0 Å². The summed E-state index contributed by atoms with van der Waals surface area (Å²) in [5.74, 6) is 0. The number of hydrogen-bond donors (Lipinski definition) is 1. The van der Waals surface area contributed by atoms with Gasteiger partial charge in [0.2, 0.25) is 0 Å². The molecular formula is C13H17N3S. The van der Waals surface area contributed by atoms with E-state index in [1.165, 1.54) is 29.8 Å². The zero-order valence-electron chi connectivity index (χ0n) is 9.80. The SMILES string of the molecule is c1csc(-c2cncn2C2CCCNCC2)c1. The molecule has 0 amide bonds. The van der Waals surface area contributed by atoms with Gasteiger partial charge >= 0.3 is 0 Å². The largest absolute Gasteiger partial charge is 0.327 e. The summed E-state index contributed by atoms with van der Waals surface area (Å²) in [5.41, 5.74) is 1.27. The molecule has 1 fully saturated rings. The van der Waals surface area contributed by atoms with Crippen LogP contribution in [0.2, 0.25) is 0 Å². The highest BCUT2D eigenvalue weighted by Gasteiger charge is 2.17. The highest BCUT2D eigenvalue weighted by Crippen LogP contribution is 2.30. The lowest BCUT2D eigenvalue weighted by molar-refractivity contribution is 0.458. The number of imidazole rings is 1. The second-order valence-corrected chi connectivity index (χ2v) is 5.45. The summed E-state index contributed by atoms with van der Waals surface area (Å²) in [6, 6.07) is 4.88. The van der Waals surface area contributed by atoms with E-state index in [-0.39, 0.29) is 0 Å². The van der Waals surface area contributed by atoms with Crippen LogP contribution in [0, 0.1) is 0 Å². The van der Waals surface area contributed by atoms with E-state index in [0.717, 1.165) is 13.1 Å². The van der Waals surface area contributed by atoms with Crippen LogP contribution in [0.5, 0.6) is 0 Å². The third-order valence-electron chi connectivity index (χ3n) is 3.38. The highest BCUT2D eigenvalue weighted by atomic mass is 32.1. The Morgan fingerprint density at radius 2 is 2.35 bits per heavy atom. The van der Waals surface area contributed by atoms with Crippen LogP contribution in [0.25, 0.3) is 10.6 Å². The fraction of sp³-hybridized carbons (Fsp3) is 0.462. The fourth-order valence-electron chi connectivity index (χ4n) is 2.49. The smallest absolute Gasteiger partial charge is 0.0953 e. The summed E-state index contributed by atoms with van der Waals surface area (Å²) < 4.78 is 2.36. The molecule has 0 aromatic carbocycles. The Kier molecular flexibility index (Phi) is 3.25. The van der Waals surface area contributed by atoms with E-state index in [1.54, 1.807) is 11.3 Å². The van der Waals surface area contributed by atoms with Crippen molar-refractivity contribution in [2.24, 2.45) is 0 Å². The van der Waals surface area contributed by atoms with Gasteiger partial charge < -0.3 is 9.88 Å². The maximum absolute atomic E-state index is 4.33. The van der Waals surface area contributed by atoms with Crippen molar-refractivity contribution in [3.8, 4) is 10.6 Å². The Morgan fingerprint density at radius 3 is 3.24 bits per heavy atom. The molecule has 1 saturated heterocycles. The van der Waals surface area contributed by atoms with E-state index in [2.05, 4.69) is 32.4 Å². The van der Waals surface area contributed by atoms with Crippen LogP contribution in [0.1, 0.15) is 25.3 Å². The topological polar surface area (TPSA) is 29.9 Å². The molecule has 4 heteroatoms. The van der Waals surface area contributed by atoms with Crippen molar-refractivity contribution in [2.45, 2.75) is 25.3 Å². The molecule has 17 heavy (non-hydrogen) atoms. The summed E-state index contributed by atoms with van der Waals surface area (Å²) in [5, 5.41) is 5.59. The molecule has 0 aliphatic carbocycles. The second kappa shape index (κ2) is 5.02. The van der Waals surface area contributed by atoms with Crippen molar-refractivity contribution in [2.75, 3.05) is 13.1 Å². The third-order valence-corrected chi connectivity index (χ3v) is 4.27. The standard InChI is InChI=1S/C13H17N3S/c1-3-11(5-7-14-6-1)16-10-15-9-12(16)13-4-2-8-17-13/h2,4,8-11,14H,1,3,5-7H2. The van der Waals surface area contributed by atoms with Gasteiger partial charge in [0, 0.05) is 6.04 Å². The lowest BCUT2D eigenvalue weighted by Crippen LogP contribution is -2.15. The van der Waals surface area contributed by atoms with Crippen LogP contribution < -0.4 is 5.32 Å². The van der Waals surface area contributed by atoms with Crippen LogP contribution in [0.15, 0.2) is 30.0 Å². The third kappa shape index (κ3) is 2.28. The van der Waals surface area contributed by atoms with E-state index in [1.807, 2.05) is 12.5 Å². The van der Waals surface area contributed by atoms with E-state index in [0.29, 0.717) is 6.04 Å². The second-order valence-electron chi connectivity index (χ2n) is 4.50. The van der Waals surface area contributed by atoms with Crippen molar-refractivity contribution >= 4 is 11.3 Å².